The molecule has 1 aliphatic carbocycles. The van der Waals surface area contributed by atoms with Gasteiger partial charge in [0.15, 0.2) is 0 Å². The van der Waals surface area contributed by atoms with Gasteiger partial charge in [0.25, 0.3) is 0 Å². The molecule has 4 N–H and O–H groups in total. The van der Waals surface area contributed by atoms with Crippen LogP contribution in [0, 0.1) is 0 Å². The van der Waals surface area contributed by atoms with Crippen molar-refractivity contribution in [1.82, 2.24) is 0 Å². The molecule has 0 saturated heterocycles. The third-order valence-electron chi connectivity index (χ3n) is 2.61. The van der Waals surface area contributed by atoms with Gasteiger partial charge in [-0.15, -0.1) is 0 Å². The summed E-state index contributed by atoms with van der Waals surface area (Å²) in [5.41, 5.74) is 8.24. The van der Waals surface area contributed by atoms with Crippen LogP contribution in [0.15, 0.2) is 24.3 Å². The molecule has 0 bridgehead atoms. The molecule has 1 aromatic rings. The number of fused-ring (bicyclic) bond motifs is 1. The van der Waals surface area contributed by atoms with Crippen molar-refractivity contribution in [2.75, 3.05) is 6.61 Å². The van der Waals surface area contributed by atoms with Gasteiger partial charge >= 0.3 is 5.97 Å². The van der Waals surface area contributed by atoms with Crippen LogP contribution < -0.4 is 5.73 Å². The number of hydrogen-bond acceptors (Lipinski definition) is 3. The van der Waals surface area contributed by atoms with Crippen LogP contribution in [0.1, 0.15) is 30.4 Å². The van der Waals surface area contributed by atoms with Gasteiger partial charge in [-0.25, -0.2) is 0 Å². The summed E-state index contributed by atoms with van der Waals surface area (Å²) in [5.74, 6) is -0.974. The van der Waals surface area contributed by atoms with E-state index in [9.17, 15) is 4.79 Å². The van der Waals surface area contributed by atoms with E-state index >= 15 is 0 Å². The third kappa shape index (κ3) is 5.47. The maximum absolute atomic E-state index is 10.1. The fraction of sp³-hybridized carbons (Fsp3) is 0.462. The van der Waals surface area contributed by atoms with Gasteiger partial charge in [-0.1, -0.05) is 24.3 Å². The number of carboxylic acids is 1. The van der Waals surface area contributed by atoms with Crippen LogP contribution in [0.2, 0.25) is 0 Å². The molecule has 17 heavy (non-hydrogen) atoms. The smallest absolute Gasteiger partial charge is 0.320 e. The van der Waals surface area contributed by atoms with Crippen molar-refractivity contribution in [1.29, 1.82) is 0 Å². The number of benzene rings is 1. The zero-order chi connectivity index (χ0) is 12.7. The zero-order valence-electron chi connectivity index (χ0n) is 9.80. The van der Waals surface area contributed by atoms with Crippen molar-refractivity contribution >= 4 is 5.97 Å². The Balaban J connectivity index is 0.000000177. The minimum atomic E-state index is -0.974. The molecule has 1 aliphatic rings. The Kier molecular flexibility index (Phi) is 5.66. The monoisotopic (exact) mass is 237 g/mol. The van der Waals surface area contributed by atoms with E-state index in [0.29, 0.717) is 19.3 Å². The van der Waals surface area contributed by atoms with Crippen LogP contribution in [-0.2, 0) is 11.2 Å². The highest BCUT2D eigenvalue weighted by Crippen LogP contribution is 2.25. The average molecular weight is 237 g/mol. The second-order valence-electron chi connectivity index (χ2n) is 4.11. The summed E-state index contributed by atoms with van der Waals surface area (Å²) in [4.78, 5) is 10.1. The quantitative estimate of drug-likeness (QED) is 0.681. The highest BCUT2D eigenvalue weighted by Gasteiger charge is 2.12. The molecule has 0 aromatic heterocycles. The molecule has 4 heteroatoms. The first-order valence-corrected chi connectivity index (χ1v) is 5.81. The van der Waals surface area contributed by atoms with Gasteiger partial charge in [0.1, 0.15) is 6.04 Å². The minimum Gasteiger partial charge on any atom is -0.480 e. The van der Waals surface area contributed by atoms with E-state index in [4.69, 9.17) is 15.9 Å². The number of aliphatic hydroxyl groups excluding tert-OH is 1. The summed E-state index contributed by atoms with van der Waals surface area (Å²) in [6.45, 7) is 0.104. The maximum Gasteiger partial charge on any atom is 0.320 e. The predicted molar refractivity (Wildman–Crippen MR) is 65.8 cm³/mol. The molecule has 0 fully saturated rings. The molecule has 4 nitrogen and oxygen atoms in total. The lowest BCUT2D eigenvalue weighted by Gasteiger charge is -2.03. The summed E-state index contributed by atoms with van der Waals surface area (Å²) in [6.07, 6.45) is 2.98. The van der Waals surface area contributed by atoms with Gasteiger partial charge in [-0.3, -0.25) is 4.79 Å². The van der Waals surface area contributed by atoms with Gasteiger partial charge in [-0.05, 0) is 36.8 Å². The Hall–Kier alpha value is -1.39. The van der Waals surface area contributed by atoms with E-state index in [2.05, 4.69) is 24.3 Å². The number of aliphatic hydroxyl groups is 1. The molecule has 1 aromatic carbocycles. The summed E-state index contributed by atoms with van der Waals surface area (Å²) in [6, 6.07) is 7.76. The van der Waals surface area contributed by atoms with Crippen molar-refractivity contribution in [3.8, 4) is 0 Å². The predicted octanol–water partition coefficient (Wildman–Crippen LogP) is 1.15. The Morgan fingerprint density at radius 1 is 1.29 bits per heavy atom. The van der Waals surface area contributed by atoms with E-state index < -0.39 is 12.0 Å². The standard InChI is InChI=1S/C7H6.C6H13NO3/c1-2-4-7-5-6(7)3-1;7-5(6(9)10)3-1-2-4-8/h1-4H,5H2;5,8H,1-4,7H2,(H,9,10). The SMILES string of the molecule is NC(CCCCO)C(=O)O.c1ccc2c(c1)C2. The lowest BCUT2D eigenvalue weighted by Crippen LogP contribution is -2.29. The Morgan fingerprint density at radius 3 is 2.29 bits per heavy atom. The molecular weight excluding hydrogens is 218 g/mol. The lowest BCUT2D eigenvalue weighted by atomic mass is 10.1. The fourth-order valence-electron chi connectivity index (χ4n) is 1.44. The number of hydrogen-bond donors (Lipinski definition) is 3. The molecule has 0 aliphatic heterocycles. The molecule has 2 rings (SSSR count). The largest absolute Gasteiger partial charge is 0.480 e. The van der Waals surface area contributed by atoms with Crippen molar-refractivity contribution in [3.63, 3.8) is 0 Å². The Morgan fingerprint density at radius 2 is 1.88 bits per heavy atom. The van der Waals surface area contributed by atoms with Gasteiger partial charge < -0.3 is 15.9 Å². The maximum atomic E-state index is 10.1. The number of nitrogens with two attached hydrogens (primary N) is 1. The first-order valence-electron chi connectivity index (χ1n) is 5.81. The molecule has 0 spiro atoms. The molecule has 0 radical (unpaired) electrons. The number of aliphatic carboxylic acids is 1. The summed E-state index contributed by atoms with van der Waals surface area (Å²) in [7, 11) is 0. The van der Waals surface area contributed by atoms with Gasteiger partial charge in [0, 0.05) is 6.61 Å². The van der Waals surface area contributed by atoms with E-state index in [0.717, 1.165) is 0 Å². The van der Waals surface area contributed by atoms with Crippen LogP contribution in [-0.4, -0.2) is 28.8 Å². The topological polar surface area (TPSA) is 83.5 Å². The van der Waals surface area contributed by atoms with Gasteiger partial charge in [-0.2, -0.15) is 0 Å². The summed E-state index contributed by atoms with van der Waals surface area (Å²) < 4.78 is 0. The molecule has 0 heterocycles. The average Bonchev–Trinajstić information content (AvgIpc) is 3.09. The normalized spacial score (nSPS) is 13.1. The second kappa shape index (κ2) is 7.04. The van der Waals surface area contributed by atoms with Crippen molar-refractivity contribution < 1.29 is 15.0 Å². The third-order valence-corrected chi connectivity index (χ3v) is 2.61. The van der Waals surface area contributed by atoms with E-state index in [-0.39, 0.29) is 6.61 Å². The molecule has 1 unspecified atom stereocenters. The lowest BCUT2D eigenvalue weighted by molar-refractivity contribution is -0.138. The highest BCUT2D eigenvalue weighted by atomic mass is 16.4. The number of carbonyl (C=O) groups is 1. The number of rotatable bonds is 5. The van der Waals surface area contributed by atoms with E-state index in [1.54, 1.807) is 0 Å². The van der Waals surface area contributed by atoms with Gasteiger partial charge in [0.2, 0.25) is 0 Å². The van der Waals surface area contributed by atoms with E-state index in [1.807, 2.05) is 0 Å². The molecule has 1 atom stereocenters. The van der Waals surface area contributed by atoms with Crippen LogP contribution in [0.25, 0.3) is 0 Å². The number of unbranched alkanes of at least 4 members (excludes halogenated alkanes) is 1. The van der Waals surface area contributed by atoms with Crippen molar-refractivity contribution in [2.45, 2.75) is 31.7 Å². The Labute approximate surface area is 101 Å². The van der Waals surface area contributed by atoms with Crippen LogP contribution in [0.5, 0.6) is 0 Å². The van der Waals surface area contributed by atoms with Crippen molar-refractivity contribution in [2.24, 2.45) is 5.73 Å². The molecule has 0 amide bonds. The summed E-state index contributed by atoms with van der Waals surface area (Å²) >= 11 is 0. The fourth-order valence-corrected chi connectivity index (χ4v) is 1.44. The first kappa shape index (κ1) is 13.7. The molecular formula is C13H19NO3. The van der Waals surface area contributed by atoms with E-state index in [1.165, 1.54) is 17.5 Å². The molecule has 0 saturated carbocycles. The molecule has 94 valence electrons. The second-order valence-corrected chi connectivity index (χ2v) is 4.11. The minimum absolute atomic E-state index is 0.104. The highest BCUT2D eigenvalue weighted by molar-refractivity contribution is 5.72. The first-order chi connectivity index (χ1) is 8.15. The van der Waals surface area contributed by atoms with Gasteiger partial charge in [0.05, 0.1) is 0 Å². The van der Waals surface area contributed by atoms with Crippen molar-refractivity contribution in [3.05, 3.63) is 35.4 Å². The van der Waals surface area contributed by atoms with Crippen LogP contribution >= 0.6 is 0 Å². The Bertz CT molecular complexity index is 344. The van der Waals surface area contributed by atoms with Crippen LogP contribution in [0.3, 0.4) is 0 Å². The number of carboxylic acid groups (broad SMARTS) is 1. The summed E-state index contributed by atoms with van der Waals surface area (Å²) in [5, 5.41) is 16.6. The zero-order valence-corrected chi connectivity index (χ0v) is 9.80. The van der Waals surface area contributed by atoms with Crippen LogP contribution in [0.4, 0.5) is 0 Å².